The summed E-state index contributed by atoms with van der Waals surface area (Å²) >= 11 is 0. The van der Waals surface area contributed by atoms with Gasteiger partial charge in [-0.2, -0.15) is 0 Å². The Morgan fingerprint density at radius 1 is 1.32 bits per heavy atom. The van der Waals surface area contributed by atoms with Crippen LogP contribution in [0.1, 0.15) is 38.2 Å². The number of aromatic nitrogens is 1. The van der Waals surface area contributed by atoms with E-state index in [9.17, 15) is 0 Å². The highest BCUT2D eigenvalue weighted by Gasteiger charge is 2.25. The first-order valence-corrected chi connectivity index (χ1v) is 7.62. The van der Waals surface area contributed by atoms with Gasteiger partial charge in [-0.15, -0.1) is 0 Å². The van der Waals surface area contributed by atoms with E-state index >= 15 is 0 Å². The zero-order valence-electron chi connectivity index (χ0n) is 12.3. The van der Waals surface area contributed by atoms with Crippen molar-refractivity contribution in [3.63, 3.8) is 0 Å². The number of hydrogen-bond acceptors (Lipinski definition) is 3. The van der Waals surface area contributed by atoms with Crippen LogP contribution in [-0.4, -0.2) is 36.1 Å². The Morgan fingerprint density at radius 3 is 2.79 bits per heavy atom. The minimum absolute atomic E-state index is 0.750. The van der Waals surface area contributed by atoms with Crippen LogP contribution in [0.2, 0.25) is 0 Å². The quantitative estimate of drug-likeness (QED) is 0.818. The standard InChI is InChI=1S/C16H27N3/c1-3-19(13-14-7-10-18-11-8-14)12-9-15-5-4-6-16(15)17-2/h7-8,10-11,15-17H,3-6,9,12-13H2,1-2H3. The molecule has 0 aliphatic heterocycles. The minimum atomic E-state index is 0.750. The molecule has 2 atom stereocenters. The second-order valence-electron chi connectivity index (χ2n) is 5.60. The molecule has 0 bridgehead atoms. The van der Waals surface area contributed by atoms with Crippen LogP contribution >= 0.6 is 0 Å². The fourth-order valence-electron chi connectivity index (χ4n) is 3.21. The Balaban J connectivity index is 1.79. The molecule has 2 rings (SSSR count). The third-order valence-electron chi connectivity index (χ3n) is 4.45. The number of nitrogens with one attached hydrogen (secondary N) is 1. The molecule has 0 spiro atoms. The van der Waals surface area contributed by atoms with Gasteiger partial charge in [0.2, 0.25) is 0 Å². The molecule has 1 N–H and O–H groups in total. The number of nitrogens with zero attached hydrogens (tertiary/aromatic N) is 2. The molecule has 3 nitrogen and oxygen atoms in total. The molecule has 106 valence electrons. The maximum atomic E-state index is 4.08. The van der Waals surface area contributed by atoms with Crippen LogP contribution in [0.25, 0.3) is 0 Å². The molecule has 0 saturated heterocycles. The predicted octanol–water partition coefficient (Wildman–Crippen LogP) is 2.68. The van der Waals surface area contributed by atoms with E-state index in [0.717, 1.165) is 25.0 Å². The molecule has 1 aliphatic carbocycles. The predicted molar refractivity (Wildman–Crippen MR) is 80.0 cm³/mol. The van der Waals surface area contributed by atoms with Crippen molar-refractivity contribution in [2.45, 2.75) is 45.2 Å². The van der Waals surface area contributed by atoms with E-state index < -0.39 is 0 Å². The summed E-state index contributed by atoms with van der Waals surface area (Å²) in [4.78, 5) is 6.62. The van der Waals surface area contributed by atoms with Gasteiger partial charge in [0.1, 0.15) is 0 Å². The fraction of sp³-hybridized carbons (Fsp3) is 0.688. The Kier molecular flexibility index (Phi) is 5.80. The molecule has 3 heteroatoms. The lowest BCUT2D eigenvalue weighted by atomic mass is 9.99. The van der Waals surface area contributed by atoms with Gasteiger partial charge in [-0.3, -0.25) is 9.88 Å². The van der Waals surface area contributed by atoms with Gasteiger partial charge in [-0.05, 0) is 63.0 Å². The Bertz CT molecular complexity index is 352. The third kappa shape index (κ3) is 4.29. The molecule has 19 heavy (non-hydrogen) atoms. The monoisotopic (exact) mass is 261 g/mol. The fourth-order valence-corrected chi connectivity index (χ4v) is 3.21. The molecule has 1 heterocycles. The summed E-state index contributed by atoms with van der Waals surface area (Å²) in [6.07, 6.45) is 9.25. The molecule has 1 aromatic heterocycles. The summed E-state index contributed by atoms with van der Waals surface area (Å²) in [6.45, 7) is 5.64. The first kappa shape index (κ1) is 14.5. The largest absolute Gasteiger partial charge is 0.317 e. The van der Waals surface area contributed by atoms with Crippen LogP contribution in [0, 0.1) is 5.92 Å². The van der Waals surface area contributed by atoms with Crippen molar-refractivity contribution >= 4 is 0 Å². The van der Waals surface area contributed by atoms with Gasteiger partial charge in [0, 0.05) is 25.0 Å². The summed E-state index contributed by atoms with van der Waals surface area (Å²) in [5.74, 6) is 0.872. The summed E-state index contributed by atoms with van der Waals surface area (Å²) < 4.78 is 0. The van der Waals surface area contributed by atoms with Gasteiger partial charge in [0.05, 0.1) is 0 Å². The molecule has 1 fully saturated rings. The van der Waals surface area contributed by atoms with E-state index in [4.69, 9.17) is 0 Å². The van der Waals surface area contributed by atoms with Crippen molar-refractivity contribution in [3.05, 3.63) is 30.1 Å². The van der Waals surface area contributed by atoms with Crippen molar-refractivity contribution in [1.82, 2.24) is 15.2 Å². The maximum Gasteiger partial charge on any atom is 0.0271 e. The van der Waals surface area contributed by atoms with E-state index in [1.807, 2.05) is 12.4 Å². The van der Waals surface area contributed by atoms with Crippen molar-refractivity contribution in [2.24, 2.45) is 5.92 Å². The van der Waals surface area contributed by atoms with Gasteiger partial charge in [0.25, 0.3) is 0 Å². The number of hydrogen-bond donors (Lipinski definition) is 1. The van der Waals surface area contributed by atoms with E-state index in [-0.39, 0.29) is 0 Å². The average Bonchev–Trinajstić information content (AvgIpc) is 2.92. The van der Waals surface area contributed by atoms with Crippen molar-refractivity contribution in [1.29, 1.82) is 0 Å². The van der Waals surface area contributed by atoms with Gasteiger partial charge in [-0.1, -0.05) is 13.3 Å². The highest BCUT2D eigenvalue weighted by molar-refractivity contribution is 5.09. The Labute approximate surface area is 117 Å². The topological polar surface area (TPSA) is 28.2 Å². The van der Waals surface area contributed by atoms with Crippen LogP contribution < -0.4 is 5.32 Å². The van der Waals surface area contributed by atoms with Crippen LogP contribution in [0.3, 0.4) is 0 Å². The lowest BCUT2D eigenvalue weighted by Gasteiger charge is -2.25. The molecular weight excluding hydrogens is 234 g/mol. The van der Waals surface area contributed by atoms with Crippen LogP contribution in [0.15, 0.2) is 24.5 Å². The summed E-state index contributed by atoms with van der Waals surface area (Å²) in [5, 5.41) is 3.48. The summed E-state index contributed by atoms with van der Waals surface area (Å²) in [7, 11) is 2.11. The molecule has 0 aromatic carbocycles. The van der Waals surface area contributed by atoms with E-state index in [0.29, 0.717) is 0 Å². The van der Waals surface area contributed by atoms with Crippen molar-refractivity contribution < 1.29 is 0 Å². The second kappa shape index (κ2) is 7.61. The van der Waals surface area contributed by atoms with Crippen LogP contribution in [0.5, 0.6) is 0 Å². The zero-order chi connectivity index (χ0) is 13.5. The molecule has 1 aliphatic rings. The van der Waals surface area contributed by atoms with Gasteiger partial charge < -0.3 is 5.32 Å². The highest BCUT2D eigenvalue weighted by Crippen LogP contribution is 2.28. The smallest absolute Gasteiger partial charge is 0.0271 e. The highest BCUT2D eigenvalue weighted by atomic mass is 15.1. The summed E-state index contributed by atoms with van der Waals surface area (Å²) in [6, 6.07) is 4.99. The number of pyridine rings is 1. The van der Waals surface area contributed by atoms with E-state index in [1.165, 1.54) is 37.8 Å². The maximum absolute atomic E-state index is 4.08. The lowest BCUT2D eigenvalue weighted by Crippen LogP contribution is -2.32. The first-order valence-electron chi connectivity index (χ1n) is 7.62. The van der Waals surface area contributed by atoms with Crippen molar-refractivity contribution in [3.8, 4) is 0 Å². The molecule has 2 unspecified atom stereocenters. The van der Waals surface area contributed by atoms with Crippen LogP contribution in [-0.2, 0) is 6.54 Å². The average molecular weight is 261 g/mol. The van der Waals surface area contributed by atoms with Crippen molar-refractivity contribution in [2.75, 3.05) is 20.1 Å². The summed E-state index contributed by atoms with van der Waals surface area (Å²) in [5.41, 5.74) is 1.37. The molecule has 0 amide bonds. The lowest BCUT2D eigenvalue weighted by molar-refractivity contribution is 0.245. The van der Waals surface area contributed by atoms with Crippen LogP contribution in [0.4, 0.5) is 0 Å². The molecule has 1 aromatic rings. The SMILES string of the molecule is CCN(CCC1CCCC1NC)Cc1ccncc1. The zero-order valence-corrected chi connectivity index (χ0v) is 12.3. The minimum Gasteiger partial charge on any atom is -0.317 e. The van der Waals surface area contributed by atoms with Gasteiger partial charge >= 0.3 is 0 Å². The third-order valence-corrected chi connectivity index (χ3v) is 4.45. The van der Waals surface area contributed by atoms with Gasteiger partial charge in [-0.25, -0.2) is 0 Å². The second-order valence-corrected chi connectivity index (χ2v) is 5.60. The van der Waals surface area contributed by atoms with E-state index in [1.54, 1.807) is 0 Å². The Hall–Kier alpha value is -0.930. The normalized spacial score (nSPS) is 23.1. The molecule has 0 radical (unpaired) electrons. The molecular formula is C16H27N3. The Morgan fingerprint density at radius 2 is 2.11 bits per heavy atom. The number of rotatable bonds is 7. The van der Waals surface area contributed by atoms with Gasteiger partial charge in [0.15, 0.2) is 0 Å². The molecule has 1 saturated carbocycles. The first-order chi connectivity index (χ1) is 9.33. The van der Waals surface area contributed by atoms with E-state index in [2.05, 4.69) is 41.3 Å².